The van der Waals surface area contributed by atoms with Gasteiger partial charge in [0.05, 0.1) is 4.90 Å². The summed E-state index contributed by atoms with van der Waals surface area (Å²) in [5, 5.41) is 2.80. The molecule has 1 amide bonds. The van der Waals surface area contributed by atoms with Crippen molar-refractivity contribution in [3.05, 3.63) is 59.7 Å². The molecule has 0 bridgehead atoms. The van der Waals surface area contributed by atoms with Crippen molar-refractivity contribution in [2.24, 2.45) is 0 Å². The maximum absolute atomic E-state index is 12.4. The van der Waals surface area contributed by atoms with E-state index in [1.165, 1.54) is 49.8 Å². The molecule has 0 unspecified atom stereocenters. The van der Waals surface area contributed by atoms with Crippen LogP contribution in [0.3, 0.4) is 0 Å². The number of hydrogen-bond acceptors (Lipinski definition) is 3. The lowest BCUT2D eigenvalue weighted by molar-refractivity contribution is 0.102. The van der Waals surface area contributed by atoms with Gasteiger partial charge in [-0.25, -0.2) is 8.42 Å². The van der Waals surface area contributed by atoms with Gasteiger partial charge in [0.2, 0.25) is 0 Å². The number of sulfone groups is 1. The van der Waals surface area contributed by atoms with Crippen molar-refractivity contribution in [2.45, 2.75) is 42.9 Å². The summed E-state index contributed by atoms with van der Waals surface area (Å²) in [7, 11) is -3.23. The SMILES string of the molecule is CS(=O)(=O)c1ccc(NC(=O)c2ccc(C3CCCCC3)cc2)cc1. The van der Waals surface area contributed by atoms with Crippen molar-refractivity contribution in [1.29, 1.82) is 0 Å². The van der Waals surface area contributed by atoms with Crippen LogP contribution in [0.25, 0.3) is 0 Å². The van der Waals surface area contributed by atoms with Crippen LogP contribution in [0, 0.1) is 0 Å². The first-order valence-electron chi connectivity index (χ1n) is 8.65. The summed E-state index contributed by atoms with van der Waals surface area (Å²) in [4.78, 5) is 12.6. The van der Waals surface area contributed by atoms with E-state index in [2.05, 4.69) is 17.4 Å². The lowest BCUT2D eigenvalue weighted by atomic mass is 9.84. The largest absolute Gasteiger partial charge is 0.322 e. The highest BCUT2D eigenvalue weighted by Crippen LogP contribution is 2.32. The molecule has 0 spiro atoms. The van der Waals surface area contributed by atoms with Crippen LogP contribution >= 0.6 is 0 Å². The first kappa shape index (κ1) is 17.7. The predicted molar refractivity (Wildman–Crippen MR) is 99.8 cm³/mol. The molecule has 1 N–H and O–H groups in total. The molecule has 2 aromatic rings. The fourth-order valence-electron chi connectivity index (χ4n) is 3.33. The number of nitrogens with one attached hydrogen (secondary N) is 1. The summed E-state index contributed by atoms with van der Waals surface area (Å²) in [5.41, 5.74) is 2.49. The van der Waals surface area contributed by atoms with E-state index in [9.17, 15) is 13.2 Å². The van der Waals surface area contributed by atoms with Crippen LogP contribution in [0.5, 0.6) is 0 Å². The first-order chi connectivity index (χ1) is 11.9. The van der Waals surface area contributed by atoms with Gasteiger partial charge in [-0.2, -0.15) is 0 Å². The second-order valence-electron chi connectivity index (χ2n) is 6.71. The number of anilines is 1. The van der Waals surface area contributed by atoms with E-state index in [1.807, 2.05) is 12.1 Å². The van der Waals surface area contributed by atoms with Gasteiger partial charge in [-0.1, -0.05) is 31.4 Å². The Labute approximate surface area is 149 Å². The average molecular weight is 357 g/mol. The molecule has 1 saturated carbocycles. The van der Waals surface area contributed by atoms with Gasteiger partial charge in [-0.3, -0.25) is 4.79 Å². The van der Waals surface area contributed by atoms with Crippen molar-refractivity contribution in [3.63, 3.8) is 0 Å². The number of amides is 1. The fourth-order valence-corrected chi connectivity index (χ4v) is 3.96. The minimum Gasteiger partial charge on any atom is -0.322 e. The summed E-state index contributed by atoms with van der Waals surface area (Å²) >= 11 is 0. The van der Waals surface area contributed by atoms with Crippen molar-refractivity contribution in [2.75, 3.05) is 11.6 Å². The molecule has 1 aliphatic carbocycles. The Bertz CT molecular complexity index is 834. The highest BCUT2D eigenvalue weighted by Gasteiger charge is 2.16. The molecule has 0 aromatic heterocycles. The van der Waals surface area contributed by atoms with Crippen LogP contribution in [0.15, 0.2) is 53.4 Å². The van der Waals surface area contributed by atoms with Gasteiger partial charge < -0.3 is 5.32 Å². The molecular formula is C20H23NO3S. The predicted octanol–water partition coefficient (Wildman–Crippen LogP) is 4.39. The van der Waals surface area contributed by atoms with Crippen molar-refractivity contribution >= 4 is 21.4 Å². The topological polar surface area (TPSA) is 63.2 Å². The van der Waals surface area contributed by atoms with Gasteiger partial charge >= 0.3 is 0 Å². The van der Waals surface area contributed by atoms with Crippen LogP contribution < -0.4 is 5.32 Å². The zero-order valence-corrected chi connectivity index (χ0v) is 15.2. The molecule has 25 heavy (non-hydrogen) atoms. The Hall–Kier alpha value is -2.14. The Balaban J connectivity index is 1.66. The molecule has 0 radical (unpaired) electrons. The number of hydrogen-bond donors (Lipinski definition) is 1. The van der Waals surface area contributed by atoms with E-state index in [0.29, 0.717) is 17.2 Å². The Kier molecular flexibility index (Phi) is 5.23. The molecule has 0 atom stereocenters. The molecule has 2 aromatic carbocycles. The monoisotopic (exact) mass is 357 g/mol. The number of carbonyl (C=O) groups excluding carboxylic acids is 1. The van der Waals surface area contributed by atoms with Crippen LogP contribution in [0.1, 0.15) is 53.9 Å². The number of benzene rings is 2. The zero-order chi connectivity index (χ0) is 17.9. The highest BCUT2D eigenvalue weighted by atomic mass is 32.2. The number of rotatable bonds is 4. The molecular weight excluding hydrogens is 334 g/mol. The molecule has 5 heteroatoms. The van der Waals surface area contributed by atoms with Crippen LogP contribution in [-0.4, -0.2) is 20.6 Å². The second kappa shape index (κ2) is 7.40. The smallest absolute Gasteiger partial charge is 0.255 e. The second-order valence-corrected chi connectivity index (χ2v) is 8.72. The fraction of sp³-hybridized carbons (Fsp3) is 0.350. The summed E-state index contributed by atoms with van der Waals surface area (Å²) < 4.78 is 22.9. The zero-order valence-electron chi connectivity index (χ0n) is 14.4. The van der Waals surface area contributed by atoms with Gasteiger partial charge in [0.1, 0.15) is 0 Å². The van der Waals surface area contributed by atoms with E-state index in [1.54, 1.807) is 12.1 Å². The molecule has 132 valence electrons. The summed E-state index contributed by atoms with van der Waals surface area (Å²) in [6.45, 7) is 0. The van der Waals surface area contributed by atoms with Crippen LogP contribution in [0.2, 0.25) is 0 Å². The summed E-state index contributed by atoms with van der Waals surface area (Å²) in [6, 6.07) is 14.0. The molecule has 3 rings (SSSR count). The van der Waals surface area contributed by atoms with Crippen LogP contribution in [0.4, 0.5) is 5.69 Å². The molecule has 0 aliphatic heterocycles. The van der Waals surface area contributed by atoms with E-state index in [-0.39, 0.29) is 10.8 Å². The summed E-state index contributed by atoms with van der Waals surface area (Å²) in [5.74, 6) is 0.427. The van der Waals surface area contributed by atoms with Crippen molar-refractivity contribution < 1.29 is 13.2 Å². The third kappa shape index (κ3) is 4.48. The van der Waals surface area contributed by atoms with Crippen LogP contribution in [-0.2, 0) is 9.84 Å². The van der Waals surface area contributed by atoms with Crippen molar-refractivity contribution in [3.8, 4) is 0 Å². The van der Waals surface area contributed by atoms with Gasteiger partial charge in [0.15, 0.2) is 9.84 Å². The third-order valence-electron chi connectivity index (χ3n) is 4.79. The molecule has 4 nitrogen and oxygen atoms in total. The Morgan fingerprint density at radius 2 is 1.52 bits per heavy atom. The van der Waals surface area contributed by atoms with E-state index in [4.69, 9.17) is 0 Å². The maximum Gasteiger partial charge on any atom is 0.255 e. The average Bonchev–Trinajstić information content (AvgIpc) is 2.62. The Morgan fingerprint density at radius 3 is 2.08 bits per heavy atom. The molecule has 0 heterocycles. The van der Waals surface area contributed by atoms with Crippen molar-refractivity contribution in [1.82, 2.24) is 0 Å². The van der Waals surface area contributed by atoms with E-state index < -0.39 is 9.84 Å². The first-order valence-corrected chi connectivity index (χ1v) is 10.5. The van der Waals surface area contributed by atoms with Gasteiger partial charge in [-0.05, 0) is 60.7 Å². The van der Waals surface area contributed by atoms with Gasteiger partial charge in [-0.15, -0.1) is 0 Å². The van der Waals surface area contributed by atoms with Gasteiger partial charge in [0, 0.05) is 17.5 Å². The minimum absolute atomic E-state index is 0.192. The van der Waals surface area contributed by atoms with Gasteiger partial charge in [0.25, 0.3) is 5.91 Å². The quantitative estimate of drug-likeness (QED) is 0.882. The molecule has 0 saturated heterocycles. The summed E-state index contributed by atoms with van der Waals surface area (Å²) in [6.07, 6.45) is 7.53. The lowest BCUT2D eigenvalue weighted by Gasteiger charge is -2.22. The third-order valence-corrected chi connectivity index (χ3v) is 5.92. The highest BCUT2D eigenvalue weighted by molar-refractivity contribution is 7.90. The maximum atomic E-state index is 12.4. The number of carbonyl (C=O) groups is 1. The Morgan fingerprint density at radius 1 is 0.920 bits per heavy atom. The molecule has 1 fully saturated rings. The van der Waals surface area contributed by atoms with E-state index >= 15 is 0 Å². The minimum atomic E-state index is -3.23. The lowest BCUT2D eigenvalue weighted by Crippen LogP contribution is -2.12. The normalized spacial score (nSPS) is 15.7. The molecule has 1 aliphatic rings. The van der Waals surface area contributed by atoms with E-state index in [0.717, 1.165) is 6.26 Å². The standard InChI is InChI=1S/C20H23NO3S/c1-25(23,24)19-13-11-18(12-14-19)21-20(22)17-9-7-16(8-10-17)15-5-3-2-4-6-15/h7-15H,2-6H2,1H3,(H,21,22).